The molecular formula is C9H20NO3P. The van der Waals surface area contributed by atoms with Gasteiger partial charge in [0, 0.05) is 12.8 Å². The molecule has 2 atom stereocenters. The molecule has 0 amide bonds. The number of hydrogen-bond acceptors (Lipinski definition) is 3. The molecule has 14 heavy (non-hydrogen) atoms. The van der Waals surface area contributed by atoms with E-state index in [0.29, 0.717) is 25.3 Å². The van der Waals surface area contributed by atoms with E-state index in [1.54, 1.807) is 0 Å². The van der Waals surface area contributed by atoms with Gasteiger partial charge in [-0.2, -0.15) is 0 Å². The van der Waals surface area contributed by atoms with E-state index in [9.17, 15) is 9.46 Å². The highest BCUT2D eigenvalue weighted by molar-refractivity contribution is 7.58. The normalized spacial score (nSPS) is 27.1. The minimum Gasteiger partial charge on any atom is -0.378 e. The first kappa shape index (κ1) is 12.2. The van der Waals surface area contributed by atoms with Crippen LogP contribution in [-0.2, 0) is 9.30 Å². The topological polar surface area (TPSA) is 72.6 Å². The van der Waals surface area contributed by atoms with Crippen LogP contribution in [0.1, 0.15) is 25.7 Å². The predicted octanol–water partition coefficient (Wildman–Crippen LogP) is 1.17. The lowest BCUT2D eigenvalue weighted by atomic mass is 10.1. The van der Waals surface area contributed by atoms with Crippen molar-refractivity contribution in [2.24, 2.45) is 5.73 Å². The van der Waals surface area contributed by atoms with E-state index in [1.165, 1.54) is 0 Å². The molecule has 0 spiro atoms. The second kappa shape index (κ2) is 5.86. The van der Waals surface area contributed by atoms with Gasteiger partial charge in [0.05, 0.1) is 12.3 Å². The molecule has 3 N–H and O–H groups in total. The summed E-state index contributed by atoms with van der Waals surface area (Å²) in [7, 11) is -2.98. The third-order valence-corrected chi connectivity index (χ3v) is 4.47. The molecule has 1 unspecified atom stereocenters. The average Bonchev–Trinajstić information content (AvgIpc) is 2.16. The lowest BCUT2D eigenvalue weighted by molar-refractivity contribution is 0.0292. The molecule has 5 heteroatoms. The monoisotopic (exact) mass is 221 g/mol. The quantitative estimate of drug-likeness (QED) is 0.683. The molecule has 0 radical (unpaired) electrons. The molecule has 0 aliphatic carbocycles. The van der Waals surface area contributed by atoms with Crippen LogP contribution in [0.25, 0.3) is 0 Å². The van der Waals surface area contributed by atoms with E-state index < -0.39 is 7.37 Å². The molecule has 1 fully saturated rings. The minimum atomic E-state index is -2.98. The second-order valence-electron chi connectivity index (χ2n) is 3.88. The third-order valence-electron chi connectivity index (χ3n) is 2.47. The molecule has 84 valence electrons. The fourth-order valence-electron chi connectivity index (χ4n) is 1.70. The van der Waals surface area contributed by atoms with Crippen LogP contribution in [-0.4, -0.2) is 36.5 Å². The lowest BCUT2D eigenvalue weighted by Gasteiger charge is -2.24. The first-order chi connectivity index (χ1) is 6.64. The molecule has 0 aromatic rings. The first-order valence-corrected chi connectivity index (χ1v) is 7.29. The van der Waals surface area contributed by atoms with Gasteiger partial charge in [0.15, 0.2) is 0 Å². The number of ether oxygens (including phenoxy) is 1. The molecule has 0 bridgehead atoms. The molecule has 1 aliphatic rings. The van der Waals surface area contributed by atoms with Crippen LogP contribution >= 0.6 is 7.37 Å². The van der Waals surface area contributed by atoms with Crippen molar-refractivity contribution in [1.82, 2.24) is 0 Å². The van der Waals surface area contributed by atoms with Gasteiger partial charge in [0.1, 0.15) is 0 Å². The van der Waals surface area contributed by atoms with E-state index in [1.807, 2.05) is 0 Å². The van der Waals surface area contributed by atoms with Crippen molar-refractivity contribution >= 4 is 7.37 Å². The Kier molecular flexibility index (Phi) is 5.10. The van der Waals surface area contributed by atoms with Crippen molar-refractivity contribution in [1.29, 1.82) is 0 Å². The summed E-state index contributed by atoms with van der Waals surface area (Å²) in [5.41, 5.74) is 5.31. The van der Waals surface area contributed by atoms with Crippen LogP contribution in [0.2, 0.25) is 0 Å². The van der Waals surface area contributed by atoms with Crippen LogP contribution in [0, 0.1) is 0 Å². The van der Waals surface area contributed by atoms with E-state index in [0.717, 1.165) is 25.9 Å². The zero-order chi connectivity index (χ0) is 10.4. The van der Waals surface area contributed by atoms with Gasteiger partial charge in [-0.1, -0.05) is 0 Å². The summed E-state index contributed by atoms with van der Waals surface area (Å²) in [4.78, 5) is 9.62. The van der Waals surface area contributed by atoms with E-state index in [4.69, 9.17) is 10.5 Å². The van der Waals surface area contributed by atoms with E-state index in [2.05, 4.69) is 0 Å². The maximum absolute atomic E-state index is 11.7. The minimum absolute atomic E-state index is 0.00245. The smallest absolute Gasteiger partial charge is 0.203 e. The Morgan fingerprint density at radius 2 is 2.29 bits per heavy atom. The maximum Gasteiger partial charge on any atom is 0.203 e. The standard InChI is InChI=1S/C9H20NO3P/c10-5-3-7-14(11,12)8-9-4-1-2-6-13-9/h9H,1-8,10H2,(H,11,12)/t9-/m1/s1. The molecule has 0 aromatic carbocycles. The average molecular weight is 221 g/mol. The molecule has 0 aromatic heterocycles. The Morgan fingerprint density at radius 3 is 2.86 bits per heavy atom. The summed E-state index contributed by atoms with van der Waals surface area (Å²) in [6, 6.07) is 0. The third kappa shape index (κ3) is 4.56. The highest BCUT2D eigenvalue weighted by Gasteiger charge is 2.25. The van der Waals surface area contributed by atoms with E-state index >= 15 is 0 Å². The summed E-state index contributed by atoms with van der Waals surface area (Å²) in [6.07, 6.45) is 4.39. The van der Waals surface area contributed by atoms with Crippen molar-refractivity contribution in [2.45, 2.75) is 31.8 Å². The Labute approximate surface area is 85.3 Å². The van der Waals surface area contributed by atoms with Gasteiger partial charge in [-0.3, -0.25) is 4.57 Å². The van der Waals surface area contributed by atoms with Crippen molar-refractivity contribution in [2.75, 3.05) is 25.5 Å². The molecule has 1 rings (SSSR count). The van der Waals surface area contributed by atoms with Gasteiger partial charge in [0.25, 0.3) is 0 Å². The number of nitrogens with two attached hydrogens (primary N) is 1. The first-order valence-electron chi connectivity index (χ1n) is 5.26. The Hall–Kier alpha value is 0.110. The van der Waals surface area contributed by atoms with Crippen LogP contribution in [0.5, 0.6) is 0 Å². The predicted molar refractivity (Wildman–Crippen MR) is 56.8 cm³/mol. The molecule has 1 aliphatic heterocycles. The Morgan fingerprint density at radius 1 is 1.50 bits per heavy atom. The van der Waals surface area contributed by atoms with Crippen LogP contribution in [0.15, 0.2) is 0 Å². The zero-order valence-corrected chi connectivity index (χ0v) is 9.42. The Balaban J connectivity index is 2.29. The second-order valence-corrected chi connectivity index (χ2v) is 6.39. The van der Waals surface area contributed by atoms with Gasteiger partial charge >= 0.3 is 0 Å². The van der Waals surface area contributed by atoms with Crippen LogP contribution in [0.3, 0.4) is 0 Å². The number of hydrogen-bond donors (Lipinski definition) is 2. The van der Waals surface area contributed by atoms with Gasteiger partial charge in [-0.25, -0.2) is 0 Å². The number of rotatable bonds is 5. The van der Waals surface area contributed by atoms with Crippen molar-refractivity contribution < 1.29 is 14.2 Å². The zero-order valence-electron chi connectivity index (χ0n) is 8.52. The van der Waals surface area contributed by atoms with Gasteiger partial charge in [-0.15, -0.1) is 0 Å². The van der Waals surface area contributed by atoms with E-state index in [-0.39, 0.29) is 6.10 Å². The van der Waals surface area contributed by atoms with Crippen LogP contribution < -0.4 is 5.73 Å². The van der Waals surface area contributed by atoms with Gasteiger partial charge < -0.3 is 15.4 Å². The maximum atomic E-state index is 11.7. The van der Waals surface area contributed by atoms with Crippen molar-refractivity contribution in [3.8, 4) is 0 Å². The molecule has 1 saturated heterocycles. The van der Waals surface area contributed by atoms with Gasteiger partial charge in [-0.05, 0) is 32.2 Å². The summed E-state index contributed by atoms with van der Waals surface area (Å²) < 4.78 is 17.1. The SMILES string of the molecule is NCCCP(=O)(O)C[C@H]1CCCCO1. The van der Waals surface area contributed by atoms with Crippen molar-refractivity contribution in [3.05, 3.63) is 0 Å². The highest BCUT2D eigenvalue weighted by Crippen LogP contribution is 2.43. The summed E-state index contributed by atoms with van der Waals surface area (Å²) in [5.74, 6) is 0. The van der Waals surface area contributed by atoms with Crippen molar-refractivity contribution in [3.63, 3.8) is 0 Å². The summed E-state index contributed by atoms with van der Waals surface area (Å²) >= 11 is 0. The highest BCUT2D eigenvalue weighted by atomic mass is 31.2. The summed E-state index contributed by atoms with van der Waals surface area (Å²) in [5, 5.41) is 0. The van der Waals surface area contributed by atoms with Gasteiger partial charge in [0.2, 0.25) is 7.37 Å². The summed E-state index contributed by atoms with van der Waals surface area (Å²) in [6.45, 7) is 1.22. The Bertz CT molecular complexity index is 204. The molecule has 4 nitrogen and oxygen atoms in total. The fourth-order valence-corrected chi connectivity index (χ4v) is 3.48. The fraction of sp³-hybridized carbons (Fsp3) is 1.00. The lowest BCUT2D eigenvalue weighted by Crippen LogP contribution is -2.23. The molecule has 0 saturated carbocycles. The molecule has 1 heterocycles. The largest absolute Gasteiger partial charge is 0.378 e. The van der Waals surface area contributed by atoms with Crippen LogP contribution in [0.4, 0.5) is 0 Å². The molecular weight excluding hydrogens is 201 g/mol.